The lowest BCUT2D eigenvalue weighted by molar-refractivity contribution is -0.143. The fourth-order valence-electron chi connectivity index (χ4n) is 6.36. The number of hydrogen-bond donors (Lipinski definition) is 0. The van der Waals surface area contributed by atoms with E-state index in [0.29, 0.717) is 13.0 Å². The number of ether oxygens (including phenoxy) is 1. The van der Waals surface area contributed by atoms with E-state index < -0.39 is 0 Å². The summed E-state index contributed by atoms with van der Waals surface area (Å²) in [6.45, 7) is 5.20. The van der Waals surface area contributed by atoms with Crippen molar-refractivity contribution in [2.45, 2.75) is 245 Å². The Balaban J connectivity index is 3.20. The molecule has 0 aromatic carbocycles. The Morgan fingerprint density at radius 3 is 0.935 bits per heavy atom. The number of carbonyl (C=O) groups excluding carboxylic acids is 1. The molecule has 0 unspecified atom stereocenters. The first-order chi connectivity index (χ1) is 22.8. The Morgan fingerprint density at radius 2 is 0.609 bits per heavy atom. The van der Waals surface area contributed by atoms with Crippen molar-refractivity contribution in [1.82, 2.24) is 0 Å². The van der Waals surface area contributed by atoms with Gasteiger partial charge < -0.3 is 4.74 Å². The summed E-state index contributed by atoms with van der Waals surface area (Å²) in [6, 6.07) is 0. The van der Waals surface area contributed by atoms with Crippen LogP contribution in [0.15, 0.2) is 24.3 Å². The first-order valence-electron chi connectivity index (χ1n) is 21.3. The molecular formula is C44H84O2. The zero-order chi connectivity index (χ0) is 33.3. The number of esters is 1. The summed E-state index contributed by atoms with van der Waals surface area (Å²) < 4.78 is 5.47. The van der Waals surface area contributed by atoms with Crippen molar-refractivity contribution in [2.75, 3.05) is 6.61 Å². The van der Waals surface area contributed by atoms with E-state index in [0.717, 1.165) is 12.8 Å². The van der Waals surface area contributed by atoms with Crippen molar-refractivity contribution in [3.63, 3.8) is 0 Å². The molecule has 0 saturated heterocycles. The third-order valence-electron chi connectivity index (χ3n) is 9.56. The maximum Gasteiger partial charge on any atom is 0.305 e. The predicted octanol–water partition coefficient (Wildman–Crippen LogP) is 15.7. The van der Waals surface area contributed by atoms with Crippen LogP contribution in [0.2, 0.25) is 0 Å². The summed E-state index contributed by atoms with van der Waals surface area (Å²) in [5.74, 6) is 0.0225. The molecule has 0 heterocycles. The van der Waals surface area contributed by atoms with E-state index in [1.54, 1.807) is 0 Å². The van der Waals surface area contributed by atoms with Gasteiger partial charge in [-0.15, -0.1) is 0 Å². The van der Waals surface area contributed by atoms with Gasteiger partial charge in [-0.1, -0.05) is 199 Å². The van der Waals surface area contributed by atoms with Gasteiger partial charge in [0.1, 0.15) is 0 Å². The first-order valence-corrected chi connectivity index (χ1v) is 21.3. The lowest BCUT2D eigenvalue weighted by atomic mass is 10.1. The van der Waals surface area contributed by atoms with Crippen LogP contribution in [0.4, 0.5) is 0 Å². The average molecular weight is 645 g/mol. The lowest BCUT2D eigenvalue weighted by Gasteiger charge is -2.06. The highest BCUT2D eigenvalue weighted by Gasteiger charge is 2.03. The molecule has 272 valence electrons. The molecule has 0 fully saturated rings. The Bertz CT molecular complexity index is 621. The minimum absolute atomic E-state index is 0.0225. The third-order valence-corrected chi connectivity index (χ3v) is 9.56. The van der Waals surface area contributed by atoms with Crippen LogP contribution in [0.25, 0.3) is 0 Å². The van der Waals surface area contributed by atoms with Crippen LogP contribution in [0.5, 0.6) is 0 Å². The van der Waals surface area contributed by atoms with Gasteiger partial charge in [0, 0.05) is 6.42 Å². The van der Waals surface area contributed by atoms with Crippen LogP contribution in [0.1, 0.15) is 245 Å². The summed E-state index contributed by atoms with van der Waals surface area (Å²) >= 11 is 0. The van der Waals surface area contributed by atoms with Crippen LogP contribution >= 0.6 is 0 Å². The van der Waals surface area contributed by atoms with Gasteiger partial charge in [0.2, 0.25) is 0 Å². The van der Waals surface area contributed by atoms with E-state index in [1.165, 1.54) is 212 Å². The lowest BCUT2D eigenvalue weighted by Crippen LogP contribution is -2.05. The second kappa shape index (κ2) is 42.0. The molecular weight excluding hydrogens is 560 g/mol. The molecule has 2 nitrogen and oxygen atoms in total. The van der Waals surface area contributed by atoms with Gasteiger partial charge in [-0.3, -0.25) is 4.79 Å². The smallest absolute Gasteiger partial charge is 0.305 e. The van der Waals surface area contributed by atoms with Gasteiger partial charge >= 0.3 is 5.97 Å². The minimum Gasteiger partial charge on any atom is -0.466 e. The summed E-state index contributed by atoms with van der Waals surface area (Å²) in [6.07, 6.45) is 57.0. The standard InChI is InChI=1S/C44H84O2/c1-3-5-7-9-11-13-15-17-19-21-23-25-27-29-31-33-35-37-39-41-43-46-44(45)42-40-38-36-34-32-30-28-26-24-22-20-18-16-14-12-10-8-6-4-2/h17-20H,3-16,21-43H2,1-2H3/b19-17-,20-18-. The monoisotopic (exact) mass is 645 g/mol. The fraction of sp³-hybridized carbons (Fsp3) is 0.886. The van der Waals surface area contributed by atoms with E-state index >= 15 is 0 Å². The average Bonchev–Trinajstić information content (AvgIpc) is 3.06. The van der Waals surface area contributed by atoms with E-state index in [4.69, 9.17) is 4.74 Å². The third kappa shape index (κ3) is 41.0. The summed E-state index contributed by atoms with van der Waals surface area (Å²) in [4.78, 5) is 12.0. The molecule has 0 amide bonds. The van der Waals surface area contributed by atoms with Crippen molar-refractivity contribution in [2.24, 2.45) is 0 Å². The second-order valence-corrected chi connectivity index (χ2v) is 14.3. The summed E-state index contributed by atoms with van der Waals surface area (Å²) in [7, 11) is 0. The first kappa shape index (κ1) is 45.0. The van der Waals surface area contributed by atoms with Crippen LogP contribution in [0.3, 0.4) is 0 Å². The van der Waals surface area contributed by atoms with E-state index in [2.05, 4.69) is 38.2 Å². The highest BCUT2D eigenvalue weighted by atomic mass is 16.5. The van der Waals surface area contributed by atoms with E-state index in [9.17, 15) is 4.79 Å². The zero-order valence-electron chi connectivity index (χ0n) is 31.8. The van der Waals surface area contributed by atoms with Crippen LogP contribution in [-0.4, -0.2) is 12.6 Å². The molecule has 0 saturated carbocycles. The Morgan fingerprint density at radius 1 is 0.348 bits per heavy atom. The van der Waals surface area contributed by atoms with E-state index in [1.807, 2.05) is 0 Å². The molecule has 0 aliphatic heterocycles. The van der Waals surface area contributed by atoms with Gasteiger partial charge in [-0.2, -0.15) is 0 Å². The van der Waals surface area contributed by atoms with Gasteiger partial charge in [-0.05, 0) is 64.2 Å². The SMILES string of the molecule is CCCCCCCC/C=C\CCCCCCCCCCCCOC(=O)CCCCCCCCCCC/C=C\CCCCCCCC. The normalized spacial score (nSPS) is 11.8. The van der Waals surface area contributed by atoms with Gasteiger partial charge in [0.15, 0.2) is 0 Å². The Labute approximate surface area is 290 Å². The van der Waals surface area contributed by atoms with E-state index in [-0.39, 0.29) is 5.97 Å². The molecule has 0 aliphatic carbocycles. The number of hydrogen-bond acceptors (Lipinski definition) is 2. The second-order valence-electron chi connectivity index (χ2n) is 14.3. The maximum atomic E-state index is 12.0. The largest absolute Gasteiger partial charge is 0.466 e. The van der Waals surface area contributed by atoms with Crippen LogP contribution < -0.4 is 0 Å². The maximum absolute atomic E-state index is 12.0. The molecule has 2 heteroatoms. The van der Waals surface area contributed by atoms with Gasteiger partial charge in [-0.25, -0.2) is 0 Å². The van der Waals surface area contributed by atoms with Crippen molar-refractivity contribution in [3.05, 3.63) is 24.3 Å². The molecule has 0 aromatic heterocycles. The molecule has 0 N–H and O–H groups in total. The zero-order valence-corrected chi connectivity index (χ0v) is 31.8. The molecule has 0 rings (SSSR count). The molecule has 0 atom stereocenters. The molecule has 0 aliphatic rings. The fourth-order valence-corrected chi connectivity index (χ4v) is 6.36. The van der Waals surface area contributed by atoms with Gasteiger partial charge in [0.25, 0.3) is 0 Å². The van der Waals surface area contributed by atoms with Crippen molar-refractivity contribution in [1.29, 1.82) is 0 Å². The predicted molar refractivity (Wildman–Crippen MR) is 207 cm³/mol. The molecule has 0 bridgehead atoms. The Kier molecular flexibility index (Phi) is 41.0. The summed E-state index contributed by atoms with van der Waals surface area (Å²) in [5, 5.41) is 0. The topological polar surface area (TPSA) is 26.3 Å². The number of rotatable bonds is 39. The van der Waals surface area contributed by atoms with Crippen molar-refractivity contribution < 1.29 is 9.53 Å². The Hall–Kier alpha value is -1.05. The van der Waals surface area contributed by atoms with Gasteiger partial charge in [0.05, 0.1) is 6.61 Å². The van der Waals surface area contributed by atoms with Crippen LogP contribution in [0, 0.1) is 0 Å². The number of allylic oxidation sites excluding steroid dienone is 4. The number of carbonyl (C=O) groups is 1. The molecule has 0 aromatic rings. The highest BCUT2D eigenvalue weighted by Crippen LogP contribution is 2.14. The number of unbranched alkanes of at least 4 members (excludes halogenated alkanes) is 31. The van der Waals surface area contributed by atoms with Crippen molar-refractivity contribution >= 4 is 5.97 Å². The highest BCUT2D eigenvalue weighted by molar-refractivity contribution is 5.69. The van der Waals surface area contributed by atoms with Crippen LogP contribution in [-0.2, 0) is 9.53 Å². The summed E-state index contributed by atoms with van der Waals surface area (Å²) in [5.41, 5.74) is 0. The molecule has 0 radical (unpaired) electrons. The quantitative estimate of drug-likeness (QED) is 0.0378. The molecule has 0 spiro atoms. The minimum atomic E-state index is 0.0225. The van der Waals surface area contributed by atoms with Crippen molar-refractivity contribution in [3.8, 4) is 0 Å². The molecule has 46 heavy (non-hydrogen) atoms.